The van der Waals surface area contributed by atoms with Crippen LogP contribution in [-0.4, -0.2) is 128 Å². The summed E-state index contributed by atoms with van der Waals surface area (Å²) in [5, 5.41) is 18.2. The number of cyclic esters (lactones) is 1. The Hall–Kier alpha value is -6.65. The molecule has 7 atom stereocenters. The minimum Gasteiger partial charge on any atom is -0.505 e. The SMILES string of the molecule is CC[C@H]1NC(=O)[C@H](NC(=O)c2ncccc2O)[C@H](C)OC(=O)[C@H](c2ccccc2)NC(=O)[C@H]2CC(=O)CCN2C(=O)[C@@H](Cc2ccccc2)N(C)C(=O)[C@@H]2CCCN2C1=O. The van der Waals surface area contributed by atoms with Crippen LogP contribution >= 0.6 is 0 Å². The molecule has 3 fully saturated rings. The van der Waals surface area contributed by atoms with Crippen LogP contribution in [-0.2, 0) is 44.7 Å². The molecule has 4 N–H and O–H groups in total. The number of aromatic hydroxyl groups is 1. The molecule has 4 heterocycles. The van der Waals surface area contributed by atoms with Crippen LogP contribution in [0.4, 0.5) is 0 Å². The highest BCUT2D eigenvalue weighted by atomic mass is 16.5. The Morgan fingerprint density at radius 1 is 0.850 bits per heavy atom. The standard InChI is InChI=1S/C43H49N7O10/c1-4-29-40(56)49-21-12-17-30(49)41(57)48(3)32(23-26-13-7-5-8-14-26)42(58)50-22-19-28(51)24-31(50)37(53)47-35(27-15-9-6-10-16-27)43(59)60-25(2)34(38(54)45-29)46-39(55)36-33(52)18-11-20-44-36/h5-11,13-16,18,20,25,29-32,34-35,52H,4,12,17,19,21-24H2,1-3H3,(H,45,54)(H,46,55)(H,47,53)/t25-,29+,30-,31+,32+,34+,35-/m0/s1. The molecule has 3 aromatic rings. The van der Waals surface area contributed by atoms with Gasteiger partial charge in [-0.05, 0) is 49.4 Å². The first kappa shape index (κ1) is 42.9. The Balaban J connectivity index is 1.43. The number of rotatable bonds is 6. The second-order valence-corrected chi connectivity index (χ2v) is 15.2. The van der Waals surface area contributed by atoms with Gasteiger partial charge in [0.25, 0.3) is 5.91 Å². The van der Waals surface area contributed by atoms with E-state index in [1.165, 1.54) is 47.0 Å². The number of nitrogens with zero attached hydrogens (tertiary/aromatic N) is 4. The molecule has 17 heteroatoms. The summed E-state index contributed by atoms with van der Waals surface area (Å²) in [6.45, 7) is 3.03. The minimum absolute atomic E-state index is 0.0410. The molecule has 17 nitrogen and oxygen atoms in total. The fourth-order valence-electron chi connectivity index (χ4n) is 7.88. The van der Waals surface area contributed by atoms with Gasteiger partial charge < -0.3 is 40.5 Å². The van der Waals surface area contributed by atoms with Gasteiger partial charge in [0.1, 0.15) is 47.8 Å². The third-order valence-electron chi connectivity index (χ3n) is 11.2. The molecule has 1 aromatic heterocycles. The summed E-state index contributed by atoms with van der Waals surface area (Å²) >= 11 is 0. The number of esters is 1. The van der Waals surface area contributed by atoms with Gasteiger partial charge >= 0.3 is 5.97 Å². The topological polar surface area (TPSA) is 225 Å². The Morgan fingerprint density at radius 3 is 2.22 bits per heavy atom. The zero-order valence-corrected chi connectivity index (χ0v) is 33.6. The maximum Gasteiger partial charge on any atom is 0.333 e. The smallest absolute Gasteiger partial charge is 0.333 e. The number of fused-ring (bicyclic) bond motifs is 2. The van der Waals surface area contributed by atoms with Crippen LogP contribution in [0.1, 0.15) is 73.6 Å². The highest BCUT2D eigenvalue weighted by Crippen LogP contribution is 2.26. The first-order valence-corrected chi connectivity index (χ1v) is 20.0. The largest absolute Gasteiger partial charge is 0.505 e. The molecule has 6 rings (SSSR count). The van der Waals surface area contributed by atoms with Crippen LogP contribution in [0.5, 0.6) is 5.75 Å². The van der Waals surface area contributed by atoms with Crippen LogP contribution in [0.2, 0.25) is 0 Å². The van der Waals surface area contributed by atoms with E-state index in [-0.39, 0.29) is 56.5 Å². The van der Waals surface area contributed by atoms with Crippen LogP contribution in [0, 0.1) is 0 Å². The Kier molecular flexibility index (Phi) is 13.6. The molecular formula is C43H49N7O10. The van der Waals surface area contributed by atoms with Crippen molar-refractivity contribution in [3.63, 3.8) is 0 Å². The first-order valence-electron chi connectivity index (χ1n) is 20.0. The highest BCUT2D eigenvalue weighted by Gasteiger charge is 2.45. The highest BCUT2D eigenvalue weighted by molar-refractivity contribution is 6.01. The van der Waals surface area contributed by atoms with E-state index in [9.17, 15) is 43.5 Å². The lowest BCUT2D eigenvalue weighted by Gasteiger charge is -2.40. The number of aromatic nitrogens is 1. The maximum absolute atomic E-state index is 14.8. The van der Waals surface area contributed by atoms with Crippen molar-refractivity contribution in [2.75, 3.05) is 20.1 Å². The molecule has 0 aliphatic carbocycles. The molecule has 0 saturated carbocycles. The van der Waals surface area contributed by atoms with Crippen molar-refractivity contribution in [2.24, 2.45) is 0 Å². The minimum atomic E-state index is -1.68. The van der Waals surface area contributed by atoms with E-state index in [0.717, 1.165) is 5.56 Å². The molecule has 3 saturated heterocycles. The average molecular weight is 824 g/mol. The third-order valence-corrected chi connectivity index (χ3v) is 11.2. The summed E-state index contributed by atoms with van der Waals surface area (Å²) in [4.78, 5) is 121. The third kappa shape index (κ3) is 9.45. The second-order valence-electron chi connectivity index (χ2n) is 15.2. The molecule has 0 spiro atoms. The Morgan fingerprint density at radius 2 is 1.53 bits per heavy atom. The van der Waals surface area contributed by atoms with Crippen molar-refractivity contribution in [1.82, 2.24) is 35.6 Å². The van der Waals surface area contributed by atoms with Crippen molar-refractivity contribution in [1.29, 1.82) is 0 Å². The second kappa shape index (κ2) is 18.9. The van der Waals surface area contributed by atoms with Gasteiger partial charge in [-0.2, -0.15) is 0 Å². The molecule has 60 heavy (non-hydrogen) atoms. The molecule has 0 bridgehead atoms. The van der Waals surface area contributed by atoms with E-state index in [4.69, 9.17) is 4.74 Å². The number of likely N-dealkylation sites (N-methyl/N-ethyl adjacent to an activating group) is 1. The van der Waals surface area contributed by atoms with Gasteiger partial charge in [0.05, 0.1) is 0 Å². The number of amides is 6. The van der Waals surface area contributed by atoms with Crippen molar-refractivity contribution < 1.29 is 48.2 Å². The summed E-state index contributed by atoms with van der Waals surface area (Å²) in [6.07, 6.45) is 0.235. The van der Waals surface area contributed by atoms with E-state index >= 15 is 0 Å². The number of ketones is 1. The van der Waals surface area contributed by atoms with E-state index in [1.54, 1.807) is 61.5 Å². The van der Waals surface area contributed by atoms with Gasteiger partial charge in [0, 0.05) is 45.6 Å². The van der Waals surface area contributed by atoms with E-state index < -0.39 is 95.2 Å². The van der Waals surface area contributed by atoms with Crippen molar-refractivity contribution in [3.05, 3.63) is 95.8 Å². The Bertz CT molecular complexity index is 2120. The van der Waals surface area contributed by atoms with Crippen molar-refractivity contribution >= 4 is 47.2 Å². The number of carbonyl (C=O) groups excluding carboxylic acids is 8. The van der Waals surface area contributed by atoms with Gasteiger partial charge in [-0.3, -0.25) is 33.6 Å². The Labute approximate surface area is 346 Å². The summed E-state index contributed by atoms with van der Waals surface area (Å²) in [5.41, 5.74) is 0.560. The molecule has 0 unspecified atom stereocenters. The van der Waals surface area contributed by atoms with Crippen molar-refractivity contribution in [2.45, 2.75) is 94.7 Å². The van der Waals surface area contributed by atoms with Crippen LogP contribution in [0.25, 0.3) is 0 Å². The number of ether oxygens (including phenoxy) is 1. The van der Waals surface area contributed by atoms with Gasteiger partial charge in [0.2, 0.25) is 29.5 Å². The number of carbonyl (C=O) groups is 8. The molecule has 6 amide bonds. The van der Waals surface area contributed by atoms with Gasteiger partial charge in [-0.1, -0.05) is 67.6 Å². The van der Waals surface area contributed by atoms with Crippen molar-refractivity contribution in [3.8, 4) is 5.75 Å². The van der Waals surface area contributed by atoms with Gasteiger partial charge in [-0.15, -0.1) is 0 Å². The van der Waals surface area contributed by atoms with Gasteiger partial charge in [0.15, 0.2) is 11.7 Å². The molecule has 3 aliphatic heterocycles. The lowest BCUT2D eigenvalue weighted by molar-refractivity contribution is -0.156. The summed E-state index contributed by atoms with van der Waals surface area (Å²) in [6, 6.07) is 11.7. The molecule has 3 aliphatic rings. The molecule has 316 valence electrons. The zero-order valence-electron chi connectivity index (χ0n) is 33.6. The van der Waals surface area contributed by atoms with E-state index in [2.05, 4.69) is 20.9 Å². The lowest BCUT2D eigenvalue weighted by Crippen LogP contribution is -2.61. The van der Waals surface area contributed by atoms with Crippen LogP contribution < -0.4 is 16.0 Å². The lowest BCUT2D eigenvalue weighted by atomic mass is 9.95. The summed E-state index contributed by atoms with van der Waals surface area (Å²) in [5.74, 6) is -6.30. The fourth-order valence-corrected chi connectivity index (χ4v) is 7.88. The maximum atomic E-state index is 14.8. The fraction of sp³-hybridized carbons (Fsp3) is 0.419. The normalized spacial score (nSPS) is 26.1. The predicted octanol–water partition coefficient (Wildman–Crippen LogP) is 1.20. The summed E-state index contributed by atoms with van der Waals surface area (Å²) < 4.78 is 5.83. The number of hydrogen-bond acceptors (Lipinski definition) is 11. The number of nitrogens with one attached hydrogen (secondary N) is 3. The zero-order chi connectivity index (χ0) is 43.1. The van der Waals surface area contributed by atoms with E-state index in [1.807, 2.05) is 6.07 Å². The number of piperidine rings is 1. The molecule has 0 radical (unpaired) electrons. The monoisotopic (exact) mass is 823 g/mol. The number of hydrogen-bond donors (Lipinski definition) is 4. The first-order chi connectivity index (χ1) is 28.8. The van der Waals surface area contributed by atoms with Gasteiger partial charge in [-0.25, -0.2) is 9.78 Å². The predicted molar refractivity (Wildman–Crippen MR) is 213 cm³/mol. The number of pyridine rings is 1. The van der Waals surface area contributed by atoms with E-state index in [0.29, 0.717) is 6.42 Å². The quantitative estimate of drug-likeness (QED) is 0.259. The number of Topliss-reactive ketones (excluding diaryl/α,β-unsaturated/α-hetero) is 1. The number of benzene rings is 2. The summed E-state index contributed by atoms with van der Waals surface area (Å²) in [7, 11) is 1.47. The molecular weight excluding hydrogens is 775 g/mol. The van der Waals surface area contributed by atoms with Crippen LogP contribution in [0.15, 0.2) is 79.0 Å². The molecule has 2 aromatic carbocycles. The van der Waals surface area contributed by atoms with Crippen LogP contribution in [0.3, 0.4) is 0 Å². The average Bonchev–Trinajstić information content (AvgIpc) is 3.75.